The van der Waals surface area contributed by atoms with E-state index in [0.29, 0.717) is 0 Å². The van der Waals surface area contributed by atoms with E-state index in [9.17, 15) is 0 Å². The van der Waals surface area contributed by atoms with E-state index in [4.69, 9.17) is 0 Å². The first kappa shape index (κ1) is 15.0. The van der Waals surface area contributed by atoms with Gasteiger partial charge in [-0.2, -0.15) is 0 Å². The van der Waals surface area contributed by atoms with Crippen LogP contribution in [0, 0.1) is 6.92 Å². The number of rotatable bonds is 5. The summed E-state index contributed by atoms with van der Waals surface area (Å²) in [4.78, 5) is 10.4. The molecule has 0 saturated carbocycles. The smallest absolute Gasteiger partial charge is 0.159 e. The Balaban J connectivity index is 2.27. The zero-order valence-electron chi connectivity index (χ0n) is 12.5. The molecule has 0 aliphatic heterocycles. The van der Waals surface area contributed by atoms with Crippen molar-refractivity contribution in [1.82, 2.24) is 15.3 Å². The molecule has 1 N–H and O–H groups in total. The number of aromatic nitrogens is 2. The molecule has 2 aromatic rings. The highest BCUT2D eigenvalue weighted by atomic mass is 32.2. The molecule has 4 heteroatoms. The Bertz CT molecular complexity index is 566. The van der Waals surface area contributed by atoms with Crippen molar-refractivity contribution in [3.05, 3.63) is 41.7 Å². The van der Waals surface area contributed by atoms with Crippen LogP contribution in [0.25, 0.3) is 11.4 Å². The number of hydrogen-bond acceptors (Lipinski definition) is 4. The quantitative estimate of drug-likeness (QED) is 0.848. The number of hydrogen-bond donors (Lipinski definition) is 1. The van der Waals surface area contributed by atoms with Gasteiger partial charge in [0.15, 0.2) is 5.82 Å². The summed E-state index contributed by atoms with van der Waals surface area (Å²) in [5, 5.41) is 3.39. The summed E-state index contributed by atoms with van der Waals surface area (Å²) in [7, 11) is 0. The summed E-state index contributed by atoms with van der Waals surface area (Å²) in [5.41, 5.74) is 3.27. The molecule has 20 heavy (non-hydrogen) atoms. The van der Waals surface area contributed by atoms with Crippen molar-refractivity contribution in [3.8, 4) is 11.4 Å². The lowest BCUT2D eigenvalue weighted by molar-refractivity contribution is 0.590. The van der Waals surface area contributed by atoms with Crippen LogP contribution in [0.1, 0.15) is 31.1 Å². The van der Waals surface area contributed by atoms with Gasteiger partial charge in [-0.15, -0.1) is 11.8 Å². The molecule has 0 spiro atoms. The minimum absolute atomic E-state index is 0.285. The number of aryl methyl sites for hydroxylation is 1. The lowest BCUT2D eigenvalue weighted by atomic mass is 10.1. The van der Waals surface area contributed by atoms with Gasteiger partial charge in [-0.05, 0) is 38.8 Å². The van der Waals surface area contributed by atoms with E-state index in [1.807, 2.05) is 13.1 Å². The van der Waals surface area contributed by atoms with Crippen LogP contribution in [0.2, 0.25) is 0 Å². The molecule has 0 aliphatic carbocycles. The van der Waals surface area contributed by atoms with Gasteiger partial charge in [-0.1, -0.05) is 19.1 Å². The maximum Gasteiger partial charge on any atom is 0.159 e. The highest BCUT2D eigenvalue weighted by molar-refractivity contribution is 7.98. The van der Waals surface area contributed by atoms with Crippen LogP contribution in [-0.2, 0) is 0 Å². The van der Waals surface area contributed by atoms with E-state index >= 15 is 0 Å². The highest BCUT2D eigenvalue weighted by Crippen LogP contribution is 2.22. The van der Waals surface area contributed by atoms with E-state index in [1.54, 1.807) is 11.8 Å². The molecule has 1 aromatic carbocycles. The Labute approximate surface area is 125 Å². The van der Waals surface area contributed by atoms with Crippen molar-refractivity contribution in [2.24, 2.45) is 0 Å². The van der Waals surface area contributed by atoms with Crippen LogP contribution in [0.5, 0.6) is 0 Å². The van der Waals surface area contributed by atoms with Gasteiger partial charge in [0, 0.05) is 34.0 Å². The standard InChI is InChI=1S/C16H21N3S/c1-5-17-11(2)15-10-18-16(19-12(15)3)13-6-8-14(20-4)9-7-13/h6-11,17H,5H2,1-4H3. The summed E-state index contributed by atoms with van der Waals surface area (Å²) in [6.45, 7) is 7.24. The van der Waals surface area contributed by atoms with Gasteiger partial charge in [0.2, 0.25) is 0 Å². The molecule has 0 bridgehead atoms. The molecule has 1 heterocycles. The Morgan fingerprint density at radius 1 is 1.25 bits per heavy atom. The second-order valence-electron chi connectivity index (χ2n) is 4.74. The predicted octanol–water partition coefficient (Wildman–Crippen LogP) is 3.84. The topological polar surface area (TPSA) is 37.8 Å². The van der Waals surface area contributed by atoms with Gasteiger partial charge in [-0.3, -0.25) is 0 Å². The van der Waals surface area contributed by atoms with Crippen LogP contribution >= 0.6 is 11.8 Å². The predicted molar refractivity (Wildman–Crippen MR) is 86.1 cm³/mol. The molecular formula is C16H21N3S. The van der Waals surface area contributed by atoms with E-state index in [0.717, 1.165) is 29.2 Å². The summed E-state index contributed by atoms with van der Waals surface area (Å²) in [6.07, 6.45) is 4.01. The van der Waals surface area contributed by atoms with E-state index < -0.39 is 0 Å². The fourth-order valence-corrected chi connectivity index (χ4v) is 2.61. The molecule has 1 unspecified atom stereocenters. The number of nitrogens with zero attached hydrogens (tertiary/aromatic N) is 2. The van der Waals surface area contributed by atoms with Crippen molar-refractivity contribution < 1.29 is 0 Å². The average molecular weight is 287 g/mol. The van der Waals surface area contributed by atoms with Crippen LogP contribution in [0.4, 0.5) is 0 Å². The fraction of sp³-hybridized carbons (Fsp3) is 0.375. The first-order valence-electron chi connectivity index (χ1n) is 6.87. The van der Waals surface area contributed by atoms with E-state index in [2.05, 4.69) is 59.7 Å². The second kappa shape index (κ2) is 6.86. The SMILES string of the molecule is CCNC(C)c1cnc(-c2ccc(SC)cc2)nc1C. The van der Waals surface area contributed by atoms with Gasteiger partial charge in [0.1, 0.15) is 0 Å². The third-order valence-corrected chi connectivity index (χ3v) is 4.09. The van der Waals surface area contributed by atoms with Gasteiger partial charge < -0.3 is 5.32 Å². The van der Waals surface area contributed by atoms with Gasteiger partial charge in [0.05, 0.1) is 0 Å². The minimum atomic E-state index is 0.285. The van der Waals surface area contributed by atoms with E-state index in [-0.39, 0.29) is 6.04 Å². The lowest BCUT2D eigenvalue weighted by Gasteiger charge is -2.15. The molecule has 2 rings (SSSR count). The van der Waals surface area contributed by atoms with Gasteiger partial charge in [-0.25, -0.2) is 9.97 Å². The molecular weight excluding hydrogens is 266 g/mol. The average Bonchev–Trinajstić information content (AvgIpc) is 2.47. The van der Waals surface area contributed by atoms with Crippen LogP contribution in [-0.4, -0.2) is 22.8 Å². The number of benzene rings is 1. The monoisotopic (exact) mass is 287 g/mol. The third kappa shape index (κ3) is 3.38. The van der Waals surface area contributed by atoms with Crippen molar-refractivity contribution in [1.29, 1.82) is 0 Å². The summed E-state index contributed by atoms with van der Waals surface area (Å²) >= 11 is 1.74. The zero-order valence-corrected chi connectivity index (χ0v) is 13.3. The number of nitrogens with one attached hydrogen (secondary N) is 1. The first-order valence-corrected chi connectivity index (χ1v) is 8.09. The Morgan fingerprint density at radius 3 is 2.50 bits per heavy atom. The molecule has 1 atom stereocenters. The van der Waals surface area contributed by atoms with Crippen LogP contribution in [0.15, 0.2) is 35.4 Å². The molecule has 0 aliphatic rings. The summed E-state index contributed by atoms with van der Waals surface area (Å²) in [5.74, 6) is 0.794. The normalized spacial score (nSPS) is 12.4. The Hall–Kier alpha value is -1.39. The molecule has 3 nitrogen and oxygen atoms in total. The third-order valence-electron chi connectivity index (χ3n) is 3.34. The van der Waals surface area contributed by atoms with Crippen molar-refractivity contribution in [2.45, 2.75) is 31.7 Å². The minimum Gasteiger partial charge on any atom is -0.310 e. The Morgan fingerprint density at radius 2 is 1.95 bits per heavy atom. The summed E-state index contributed by atoms with van der Waals surface area (Å²) < 4.78 is 0. The van der Waals surface area contributed by atoms with E-state index in [1.165, 1.54) is 4.90 Å². The van der Waals surface area contributed by atoms with Crippen LogP contribution in [0.3, 0.4) is 0 Å². The molecule has 0 saturated heterocycles. The van der Waals surface area contributed by atoms with Gasteiger partial charge >= 0.3 is 0 Å². The zero-order chi connectivity index (χ0) is 14.5. The summed E-state index contributed by atoms with van der Waals surface area (Å²) in [6, 6.07) is 8.65. The molecule has 106 valence electrons. The molecule has 1 aromatic heterocycles. The maximum atomic E-state index is 4.64. The van der Waals surface area contributed by atoms with Crippen molar-refractivity contribution in [3.63, 3.8) is 0 Å². The molecule has 0 amide bonds. The molecule has 0 fully saturated rings. The highest BCUT2D eigenvalue weighted by Gasteiger charge is 2.10. The lowest BCUT2D eigenvalue weighted by Crippen LogP contribution is -2.19. The van der Waals surface area contributed by atoms with Crippen molar-refractivity contribution >= 4 is 11.8 Å². The molecule has 0 radical (unpaired) electrons. The second-order valence-corrected chi connectivity index (χ2v) is 5.62. The first-order chi connectivity index (χ1) is 9.65. The largest absolute Gasteiger partial charge is 0.310 e. The number of thioether (sulfide) groups is 1. The van der Waals surface area contributed by atoms with Gasteiger partial charge in [0.25, 0.3) is 0 Å². The van der Waals surface area contributed by atoms with Crippen molar-refractivity contribution in [2.75, 3.05) is 12.8 Å². The van der Waals surface area contributed by atoms with Crippen LogP contribution < -0.4 is 5.32 Å². The Kier molecular flexibility index (Phi) is 5.15. The maximum absolute atomic E-state index is 4.64. The fourth-order valence-electron chi connectivity index (χ4n) is 2.20.